The highest BCUT2D eigenvalue weighted by molar-refractivity contribution is 5.11. The van der Waals surface area contributed by atoms with Crippen LogP contribution < -0.4 is 5.73 Å². The van der Waals surface area contributed by atoms with Crippen molar-refractivity contribution in [1.29, 1.82) is 0 Å². The van der Waals surface area contributed by atoms with E-state index in [1.165, 1.54) is 18.4 Å². The Morgan fingerprint density at radius 3 is 2.60 bits per heavy atom. The molecule has 1 aliphatic carbocycles. The van der Waals surface area contributed by atoms with Crippen molar-refractivity contribution < 1.29 is 0 Å². The third kappa shape index (κ3) is 2.36. The topological polar surface area (TPSA) is 42.2 Å². The summed E-state index contributed by atoms with van der Waals surface area (Å²) >= 11 is 0. The van der Waals surface area contributed by atoms with Crippen molar-refractivity contribution in [3.8, 4) is 0 Å². The molecule has 3 nitrogen and oxygen atoms in total. The number of aromatic nitrogens is 1. The van der Waals surface area contributed by atoms with Gasteiger partial charge in [-0.25, -0.2) is 0 Å². The maximum atomic E-state index is 5.79. The monoisotopic (exact) mass is 205 g/mol. The second-order valence-electron chi connectivity index (χ2n) is 4.46. The molecule has 1 fully saturated rings. The van der Waals surface area contributed by atoms with E-state index in [4.69, 9.17) is 5.73 Å². The van der Waals surface area contributed by atoms with E-state index in [1.54, 1.807) is 0 Å². The van der Waals surface area contributed by atoms with Crippen LogP contribution >= 0.6 is 0 Å². The van der Waals surface area contributed by atoms with E-state index in [2.05, 4.69) is 29.1 Å². The molecule has 2 rings (SSSR count). The van der Waals surface area contributed by atoms with Gasteiger partial charge in [0, 0.05) is 31.0 Å². The summed E-state index contributed by atoms with van der Waals surface area (Å²) in [6, 6.07) is 4.16. The fourth-order valence-corrected chi connectivity index (χ4v) is 1.97. The molecule has 1 aliphatic rings. The molecule has 1 heterocycles. The second kappa shape index (κ2) is 4.29. The molecule has 0 bridgehead atoms. The van der Waals surface area contributed by atoms with Crippen LogP contribution in [0.1, 0.15) is 18.4 Å². The zero-order chi connectivity index (χ0) is 10.7. The first-order valence-electron chi connectivity index (χ1n) is 5.57. The van der Waals surface area contributed by atoms with Crippen LogP contribution in [0, 0.1) is 0 Å². The van der Waals surface area contributed by atoms with E-state index in [0.29, 0.717) is 5.54 Å². The van der Waals surface area contributed by atoms with Crippen molar-refractivity contribution >= 4 is 0 Å². The van der Waals surface area contributed by atoms with E-state index >= 15 is 0 Å². The fourth-order valence-electron chi connectivity index (χ4n) is 1.97. The Kier molecular flexibility index (Phi) is 3.03. The minimum atomic E-state index is 0.326. The molecule has 1 aromatic rings. The number of hydrogen-bond acceptors (Lipinski definition) is 3. The highest BCUT2D eigenvalue weighted by Gasteiger charge is 2.44. The van der Waals surface area contributed by atoms with Gasteiger partial charge in [0.1, 0.15) is 0 Å². The van der Waals surface area contributed by atoms with Gasteiger partial charge in [-0.1, -0.05) is 0 Å². The highest BCUT2D eigenvalue weighted by Crippen LogP contribution is 2.39. The number of nitrogens with two attached hydrogens (primary N) is 1. The van der Waals surface area contributed by atoms with Crippen LogP contribution in [-0.4, -0.2) is 35.6 Å². The molecule has 0 aliphatic heterocycles. The van der Waals surface area contributed by atoms with Crippen LogP contribution in [0.4, 0.5) is 0 Å². The molecular weight excluding hydrogens is 186 g/mol. The van der Waals surface area contributed by atoms with Gasteiger partial charge in [0.25, 0.3) is 0 Å². The number of hydrogen-bond donors (Lipinski definition) is 1. The molecule has 0 radical (unpaired) electrons. The van der Waals surface area contributed by atoms with Crippen molar-refractivity contribution in [2.75, 3.05) is 20.1 Å². The molecule has 0 spiro atoms. The molecule has 0 amide bonds. The normalized spacial score (nSPS) is 18.1. The number of likely N-dealkylation sites (N-methyl/N-ethyl adjacent to an activating group) is 1. The lowest BCUT2D eigenvalue weighted by atomic mass is 10.1. The SMILES string of the molecule is CN(CCc1ccncc1)C1(CN)CC1. The van der Waals surface area contributed by atoms with Crippen molar-refractivity contribution in [2.45, 2.75) is 24.8 Å². The molecule has 0 unspecified atom stereocenters. The lowest BCUT2D eigenvalue weighted by Crippen LogP contribution is -2.41. The maximum Gasteiger partial charge on any atom is 0.0330 e. The van der Waals surface area contributed by atoms with E-state index in [0.717, 1.165) is 19.5 Å². The first-order valence-corrected chi connectivity index (χ1v) is 5.57. The molecule has 0 atom stereocenters. The first kappa shape index (κ1) is 10.6. The highest BCUT2D eigenvalue weighted by atomic mass is 15.2. The molecule has 0 saturated heterocycles. The molecule has 0 aromatic carbocycles. The summed E-state index contributed by atoms with van der Waals surface area (Å²) < 4.78 is 0. The lowest BCUT2D eigenvalue weighted by molar-refractivity contribution is 0.230. The van der Waals surface area contributed by atoms with Gasteiger partial charge < -0.3 is 5.73 Å². The standard InChI is InChI=1S/C12H19N3/c1-15(12(10-13)5-6-12)9-4-11-2-7-14-8-3-11/h2-3,7-8H,4-6,9-10,13H2,1H3. The molecule has 3 heteroatoms. The second-order valence-corrected chi connectivity index (χ2v) is 4.46. The average Bonchev–Trinajstić information content (AvgIpc) is 3.08. The van der Waals surface area contributed by atoms with Crippen molar-refractivity contribution in [3.63, 3.8) is 0 Å². The molecule has 2 N–H and O–H groups in total. The van der Waals surface area contributed by atoms with E-state index in [9.17, 15) is 0 Å². The first-order chi connectivity index (χ1) is 7.27. The Morgan fingerprint density at radius 1 is 1.40 bits per heavy atom. The van der Waals surface area contributed by atoms with Gasteiger partial charge in [-0.15, -0.1) is 0 Å². The van der Waals surface area contributed by atoms with Gasteiger partial charge in [-0.2, -0.15) is 0 Å². The Hall–Kier alpha value is -0.930. The van der Waals surface area contributed by atoms with E-state index in [-0.39, 0.29) is 0 Å². The molecule has 82 valence electrons. The zero-order valence-electron chi connectivity index (χ0n) is 9.32. The number of rotatable bonds is 5. The van der Waals surface area contributed by atoms with Crippen molar-refractivity contribution in [1.82, 2.24) is 9.88 Å². The minimum Gasteiger partial charge on any atom is -0.329 e. The van der Waals surface area contributed by atoms with E-state index in [1.807, 2.05) is 12.4 Å². The van der Waals surface area contributed by atoms with E-state index < -0.39 is 0 Å². The zero-order valence-corrected chi connectivity index (χ0v) is 9.32. The Bertz CT molecular complexity index is 306. The summed E-state index contributed by atoms with van der Waals surface area (Å²) in [4.78, 5) is 6.43. The smallest absolute Gasteiger partial charge is 0.0330 e. The van der Waals surface area contributed by atoms with Crippen LogP contribution in [0.3, 0.4) is 0 Å². The summed E-state index contributed by atoms with van der Waals surface area (Å²) in [5.41, 5.74) is 7.46. The Balaban J connectivity index is 1.84. The molecule has 1 aromatic heterocycles. The third-order valence-electron chi connectivity index (χ3n) is 3.50. The van der Waals surface area contributed by atoms with Gasteiger partial charge in [-0.3, -0.25) is 9.88 Å². The molecular formula is C12H19N3. The van der Waals surface area contributed by atoms with Crippen LogP contribution in [0.2, 0.25) is 0 Å². The summed E-state index contributed by atoms with van der Waals surface area (Å²) in [7, 11) is 2.18. The minimum absolute atomic E-state index is 0.326. The number of pyridine rings is 1. The third-order valence-corrected chi connectivity index (χ3v) is 3.50. The van der Waals surface area contributed by atoms with Gasteiger partial charge in [0.2, 0.25) is 0 Å². The number of nitrogens with zero attached hydrogens (tertiary/aromatic N) is 2. The quantitative estimate of drug-likeness (QED) is 0.781. The summed E-state index contributed by atoms with van der Waals surface area (Å²) in [5.74, 6) is 0. The van der Waals surface area contributed by atoms with Crippen LogP contribution in [0.15, 0.2) is 24.5 Å². The van der Waals surface area contributed by atoms with Crippen molar-refractivity contribution in [2.24, 2.45) is 5.73 Å². The van der Waals surface area contributed by atoms with Crippen LogP contribution in [0.25, 0.3) is 0 Å². The van der Waals surface area contributed by atoms with Crippen LogP contribution in [0.5, 0.6) is 0 Å². The Labute approximate surface area is 91.3 Å². The molecule has 1 saturated carbocycles. The van der Waals surface area contributed by atoms with Gasteiger partial charge >= 0.3 is 0 Å². The predicted molar refractivity (Wildman–Crippen MR) is 61.6 cm³/mol. The lowest BCUT2D eigenvalue weighted by Gasteiger charge is -2.26. The Morgan fingerprint density at radius 2 is 2.07 bits per heavy atom. The van der Waals surface area contributed by atoms with Gasteiger partial charge in [0.05, 0.1) is 0 Å². The predicted octanol–water partition coefficient (Wildman–Crippen LogP) is 1.05. The van der Waals surface area contributed by atoms with Crippen molar-refractivity contribution in [3.05, 3.63) is 30.1 Å². The van der Waals surface area contributed by atoms with Crippen LogP contribution in [-0.2, 0) is 6.42 Å². The fraction of sp³-hybridized carbons (Fsp3) is 0.583. The summed E-state index contributed by atoms with van der Waals surface area (Å²) in [5, 5.41) is 0. The largest absolute Gasteiger partial charge is 0.329 e. The average molecular weight is 205 g/mol. The summed E-state index contributed by atoms with van der Waals surface area (Å²) in [6.45, 7) is 1.88. The molecule has 15 heavy (non-hydrogen) atoms. The summed E-state index contributed by atoms with van der Waals surface area (Å²) in [6.07, 6.45) is 7.31. The van der Waals surface area contributed by atoms with Gasteiger partial charge in [0.15, 0.2) is 0 Å². The maximum absolute atomic E-state index is 5.79. The van der Waals surface area contributed by atoms with Gasteiger partial charge in [-0.05, 0) is 44.0 Å².